The van der Waals surface area contributed by atoms with Gasteiger partial charge in [0, 0.05) is 18.0 Å². The van der Waals surface area contributed by atoms with Crippen molar-refractivity contribution in [3.8, 4) is 11.5 Å². The average Bonchev–Trinajstić information content (AvgIpc) is 2.36. The van der Waals surface area contributed by atoms with Crippen molar-refractivity contribution in [3.05, 3.63) is 23.8 Å². The fraction of sp³-hybridized carbons (Fsp3) is 0.647. The van der Waals surface area contributed by atoms with Gasteiger partial charge in [-0.2, -0.15) is 0 Å². The molecule has 20 heavy (non-hydrogen) atoms. The van der Waals surface area contributed by atoms with Crippen molar-refractivity contribution in [1.29, 1.82) is 0 Å². The smallest absolute Gasteiger partial charge is 0.125 e. The largest absolute Gasteiger partial charge is 0.494 e. The second-order valence-electron chi connectivity index (χ2n) is 6.55. The zero-order chi connectivity index (χ0) is 14.8. The second-order valence-corrected chi connectivity index (χ2v) is 6.55. The Morgan fingerprint density at radius 2 is 2.15 bits per heavy atom. The Morgan fingerprint density at radius 3 is 2.80 bits per heavy atom. The maximum Gasteiger partial charge on any atom is 0.125 e. The quantitative estimate of drug-likeness (QED) is 0.884. The fourth-order valence-electron chi connectivity index (χ4n) is 2.65. The lowest BCUT2D eigenvalue weighted by Gasteiger charge is -2.38. The van der Waals surface area contributed by atoms with Crippen molar-refractivity contribution in [2.75, 3.05) is 13.2 Å². The maximum atomic E-state index is 6.09. The number of nitrogens with one attached hydrogen (secondary N) is 1. The zero-order valence-corrected chi connectivity index (χ0v) is 13.3. The summed E-state index contributed by atoms with van der Waals surface area (Å²) in [7, 11) is 0. The molecule has 1 unspecified atom stereocenters. The minimum Gasteiger partial charge on any atom is -0.494 e. The number of rotatable bonds is 5. The van der Waals surface area contributed by atoms with Gasteiger partial charge in [-0.15, -0.1) is 0 Å². The lowest BCUT2D eigenvalue weighted by Crippen LogP contribution is -2.40. The number of hydrogen-bond donors (Lipinski definition) is 1. The van der Waals surface area contributed by atoms with Gasteiger partial charge in [0.15, 0.2) is 0 Å². The molecule has 3 nitrogen and oxygen atoms in total. The molecule has 112 valence electrons. The van der Waals surface area contributed by atoms with Crippen LogP contribution >= 0.6 is 0 Å². The van der Waals surface area contributed by atoms with Gasteiger partial charge in [0.1, 0.15) is 17.1 Å². The Morgan fingerprint density at radius 1 is 1.40 bits per heavy atom. The lowest BCUT2D eigenvalue weighted by molar-refractivity contribution is 0.0652. The fourth-order valence-corrected chi connectivity index (χ4v) is 2.65. The first kappa shape index (κ1) is 15.2. The van der Waals surface area contributed by atoms with Crippen LogP contribution in [0.2, 0.25) is 0 Å². The van der Waals surface area contributed by atoms with Crippen molar-refractivity contribution in [3.63, 3.8) is 0 Å². The Labute approximate surface area is 122 Å². The van der Waals surface area contributed by atoms with E-state index in [1.165, 1.54) is 5.56 Å². The molecule has 0 aliphatic carbocycles. The van der Waals surface area contributed by atoms with Gasteiger partial charge in [-0.1, -0.05) is 13.8 Å². The summed E-state index contributed by atoms with van der Waals surface area (Å²) in [5.74, 6) is 2.54. The summed E-state index contributed by atoms with van der Waals surface area (Å²) in [5, 5.41) is 3.67. The van der Waals surface area contributed by atoms with Crippen LogP contribution in [-0.4, -0.2) is 18.8 Å². The average molecular weight is 277 g/mol. The molecule has 1 aliphatic rings. The summed E-state index contributed by atoms with van der Waals surface area (Å²) >= 11 is 0. The summed E-state index contributed by atoms with van der Waals surface area (Å²) < 4.78 is 11.7. The highest BCUT2D eigenvalue weighted by Gasteiger charge is 2.33. The van der Waals surface area contributed by atoms with Crippen molar-refractivity contribution >= 4 is 0 Å². The van der Waals surface area contributed by atoms with E-state index in [0.29, 0.717) is 18.6 Å². The summed E-state index contributed by atoms with van der Waals surface area (Å²) in [6, 6.07) is 6.47. The van der Waals surface area contributed by atoms with Crippen molar-refractivity contribution in [2.24, 2.45) is 5.92 Å². The van der Waals surface area contributed by atoms with Crippen LogP contribution in [0.5, 0.6) is 11.5 Å². The first-order chi connectivity index (χ1) is 9.41. The van der Waals surface area contributed by atoms with Crippen LogP contribution in [0.1, 0.15) is 52.6 Å². The van der Waals surface area contributed by atoms with E-state index in [9.17, 15) is 0 Å². The van der Waals surface area contributed by atoms with Crippen LogP contribution < -0.4 is 14.8 Å². The predicted molar refractivity (Wildman–Crippen MR) is 82.5 cm³/mol. The van der Waals surface area contributed by atoms with E-state index in [2.05, 4.69) is 39.1 Å². The number of fused-ring (bicyclic) bond motifs is 1. The molecule has 1 N–H and O–H groups in total. The van der Waals surface area contributed by atoms with Gasteiger partial charge >= 0.3 is 0 Å². The lowest BCUT2D eigenvalue weighted by atomic mass is 9.89. The van der Waals surface area contributed by atoms with E-state index in [0.717, 1.165) is 24.5 Å². The van der Waals surface area contributed by atoms with Crippen molar-refractivity contribution in [1.82, 2.24) is 5.32 Å². The standard InChI is InChI=1S/C17H27NO2/c1-6-19-13-7-8-16-14(9-13)15(18-11-12(2)3)10-17(4,5)20-16/h7-9,12,15,18H,6,10-11H2,1-5H3. The third-order valence-corrected chi connectivity index (χ3v) is 3.52. The summed E-state index contributed by atoms with van der Waals surface area (Å²) in [6.45, 7) is 12.5. The van der Waals surface area contributed by atoms with Crippen LogP contribution in [-0.2, 0) is 0 Å². The third kappa shape index (κ3) is 3.66. The Bertz CT molecular complexity index is 454. The first-order valence-corrected chi connectivity index (χ1v) is 7.60. The Kier molecular flexibility index (Phi) is 4.59. The van der Waals surface area contributed by atoms with Gasteiger partial charge in [-0.25, -0.2) is 0 Å². The Hall–Kier alpha value is -1.22. The normalized spacial score (nSPS) is 20.4. The molecular weight excluding hydrogens is 250 g/mol. The molecule has 1 aromatic rings. The van der Waals surface area contributed by atoms with E-state index in [1.54, 1.807) is 0 Å². The minimum atomic E-state index is -0.130. The Balaban J connectivity index is 2.26. The highest BCUT2D eigenvalue weighted by molar-refractivity contribution is 5.44. The zero-order valence-electron chi connectivity index (χ0n) is 13.3. The summed E-state index contributed by atoms with van der Waals surface area (Å²) in [5.41, 5.74) is 1.09. The van der Waals surface area contributed by atoms with Crippen LogP contribution in [0.15, 0.2) is 18.2 Å². The molecule has 0 spiro atoms. The number of ether oxygens (including phenoxy) is 2. The molecule has 1 aromatic carbocycles. The second kappa shape index (κ2) is 6.04. The van der Waals surface area contributed by atoms with Gasteiger partial charge in [0.05, 0.1) is 6.61 Å². The highest BCUT2D eigenvalue weighted by Crippen LogP contribution is 2.41. The summed E-state index contributed by atoms with van der Waals surface area (Å²) in [4.78, 5) is 0. The van der Waals surface area contributed by atoms with Crippen LogP contribution in [0.3, 0.4) is 0 Å². The molecule has 0 bridgehead atoms. The van der Waals surface area contributed by atoms with Crippen LogP contribution in [0, 0.1) is 5.92 Å². The number of benzene rings is 1. The van der Waals surface area contributed by atoms with Gasteiger partial charge in [-0.3, -0.25) is 0 Å². The molecule has 3 heteroatoms. The molecular formula is C17H27NO2. The molecule has 1 atom stereocenters. The molecule has 0 fully saturated rings. The van der Waals surface area contributed by atoms with Crippen LogP contribution in [0.4, 0.5) is 0 Å². The van der Waals surface area contributed by atoms with E-state index in [4.69, 9.17) is 9.47 Å². The summed E-state index contributed by atoms with van der Waals surface area (Å²) in [6.07, 6.45) is 0.975. The maximum absolute atomic E-state index is 6.09. The van der Waals surface area contributed by atoms with Gasteiger partial charge in [0.25, 0.3) is 0 Å². The van der Waals surface area contributed by atoms with Gasteiger partial charge < -0.3 is 14.8 Å². The van der Waals surface area contributed by atoms with E-state index >= 15 is 0 Å². The third-order valence-electron chi connectivity index (χ3n) is 3.52. The molecule has 0 radical (unpaired) electrons. The first-order valence-electron chi connectivity index (χ1n) is 7.60. The number of hydrogen-bond acceptors (Lipinski definition) is 3. The topological polar surface area (TPSA) is 30.5 Å². The molecule has 1 aliphatic heterocycles. The van der Waals surface area contributed by atoms with E-state index in [1.807, 2.05) is 19.1 Å². The van der Waals surface area contributed by atoms with E-state index < -0.39 is 0 Å². The van der Waals surface area contributed by atoms with E-state index in [-0.39, 0.29) is 5.60 Å². The molecule has 1 heterocycles. The molecule has 0 amide bonds. The molecule has 0 aromatic heterocycles. The monoisotopic (exact) mass is 277 g/mol. The van der Waals surface area contributed by atoms with Crippen molar-refractivity contribution in [2.45, 2.75) is 52.7 Å². The molecule has 0 saturated heterocycles. The van der Waals surface area contributed by atoms with Gasteiger partial charge in [0.2, 0.25) is 0 Å². The predicted octanol–water partition coefficient (Wildman–Crippen LogP) is 3.93. The minimum absolute atomic E-state index is 0.130. The van der Waals surface area contributed by atoms with Crippen molar-refractivity contribution < 1.29 is 9.47 Å². The molecule has 0 saturated carbocycles. The highest BCUT2D eigenvalue weighted by atomic mass is 16.5. The SMILES string of the molecule is CCOc1ccc2c(c1)C(NCC(C)C)CC(C)(C)O2. The molecule has 2 rings (SSSR count). The van der Waals surface area contributed by atoms with Gasteiger partial charge in [-0.05, 0) is 51.4 Å². The van der Waals surface area contributed by atoms with Crippen LogP contribution in [0.25, 0.3) is 0 Å².